The number of hydrogen-bond donors (Lipinski definition) is 3. The van der Waals surface area contributed by atoms with Gasteiger partial charge in [0.25, 0.3) is 11.5 Å². The molecule has 10 heteroatoms. The lowest BCUT2D eigenvalue weighted by molar-refractivity contribution is -0.0504. The van der Waals surface area contributed by atoms with Gasteiger partial charge in [0.15, 0.2) is 0 Å². The molecule has 1 fully saturated rings. The number of aliphatic hydroxyl groups is 1. The molecule has 10 nitrogen and oxygen atoms in total. The van der Waals surface area contributed by atoms with Crippen molar-refractivity contribution < 1.29 is 9.90 Å². The highest BCUT2D eigenvalue weighted by Gasteiger charge is 2.41. The molecular weight excluding hydrogens is 436 g/mol. The maximum Gasteiger partial charge on any atom is 0.328 e. The van der Waals surface area contributed by atoms with Gasteiger partial charge in [0.2, 0.25) is 0 Å². The molecule has 3 N–H and O–H groups in total. The zero-order chi connectivity index (χ0) is 24.6. The third kappa shape index (κ3) is 4.76. The van der Waals surface area contributed by atoms with Crippen LogP contribution in [0.4, 0.5) is 11.5 Å². The molecule has 1 aromatic carbocycles. The first-order chi connectivity index (χ1) is 16.0. The minimum absolute atomic E-state index is 0.0447. The molecule has 0 aliphatic carbocycles. The standard InChI is InChI=1S/C24H28N6O4/c1-14-12-30(23(33)28-21(14)31)19-8-9-29(13-24(19,4)34)22(32)17-6-5-7-18(11-17)27-20-10-15(2)25-16(3)26-20/h5-7,10-12,19,34H,8-9,13H2,1-4H3,(H,25,26,27)(H,28,31,33)/t19-,24-/m0/s1. The normalized spacial score (nSPS) is 20.3. The van der Waals surface area contributed by atoms with Gasteiger partial charge in [0, 0.05) is 41.3 Å². The van der Waals surface area contributed by atoms with E-state index in [-0.39, 0.29) is 12.5 Å². The van der Waals surface area contributed by atoms with Gasteiger partial charge in [-0.1, -0.05) is 6.07 Å². The van der Waals surface area contributed by atoms with Gasteiger partial charge in [-0.25, -0.2) is 14.8 Å². The van der Waals surface area contributed by atoms with Crippen LogP contribution in [0, 0.1) is 20.8 Å². The summed E-state index contributed by atoms with van der Waals surface area (Å²) in [7, 11) is 0. The lowest BCUT2D eigenvalue weighted by atomic mass is 9.88. The topological polar surface area (TPSA) is 133 Å². The molecule has 1 aliphatic heterocycles. The summed E-state index contributed by atoms with van der Waals surface area (Å²) in [5.41, 5.74) is 0.00766. The van der Waals surface area contributed by atoms with E-state index in [1.54, 1.807) is 36.9 Å². The first-order valence-corrected chi connectivity index (χ1v) is 11.1. The van der Waals surface area contributed by atoms with Crippen LogP contribution < -0.4 is 16.6 Å². The summed E-state index contributed by atoms with van der Waals surface area (Å²) in [6, 6.07) is 8.34. The molecule has 178 valence electrons. The van der Waals surface area contributed by atoms with E-state index in [9.17, 15) is 19.5 Å². The fourth-order valence-electron chi connectivity index (χ4n) is 4.43. The zero-order valence-corrected chi connectivity index (χ0v) is 19.6. The molecule has 0 bridgehead atoms. The zero-order valence-electron chi connectivity index (χ0n) is 19.6. The van der Waals surface area contributed by atoms with Crippen molar-refractivity contribution in [1.82, 2.24) is 24.4 Å². The average molecular weight is 465 g/mol. The Labute approximate surface area is 196 Å². The number of nitrogens with zero attached hydrogens (tertiary/aromatic N) is 4. The molecule has 2 atom stereocenters. The highest BCUT2D eigenvalue weighted by atomic mass is 16.3. The van der Waals surface area contributed by atoms with Gasteiger partial charge >= 0.3 is 5.69 Å². The molecule has 3 heterocycles. The second-order valence-electron chi connectivity index (χ2n) is 9.01. The van der Waals surface area contributed by atoms with E-state index in [1.165, 1.54) is 10.8 Å². The van der Waals surface area contributed by atoms with E-state index in [2.05, 4.69) is 20.3 Å². The first-order valence-electron chi connectivity index (χ1n) is 11.1. The molecule has 2 aromatic heterocycles. The number of anilines is 2. The number of aryl methyl sites for hydroxylation is 3. The van der Waals surface area contributed by atoms with E-state index >= 15 is 0 Å². The fraction of sp³-hybridized carbons (Fsp3) is 0.375. The van der Waals surface area contributed by atoms with Crippen LogP contribution in [0.1, 0.15) is 46.8 Å². The van der Waals surface area contributed by atoms with Crippen LogP contribution in [-0.4, -0.2) is 54.1 Å². The van der Waals surface area contributed by atoms with E-state index in [4.69, 9.17) is 0 Å². The molecule has 4 rings (SSSR count). The van der Waals surface area contributed by atoms with Gasteiger partial charge in [-0.3, -0.25) is 19.1 Å². The van der Waals surface area contributed by atoms with Crippen molar-refractivity contribution in [3.63, 3.8) is 0 Å². The summed E-state index contributed by atoms with van der Waals surface area (Å²) in [4.78, 5) is 49.8. The van der Waals surface area contributed by atoms with Gasteiger partial charge in [-0.2, -0.15) is 0 Å². The molecule has 34 heavy (non-hydrogen) atoms. The van der Waals surface area contributed by atoms with Crippen LogP contribution in [0.15, 0.2) is 46.1 Å². The Bertz CT molecular complexity index is 1340. The number of β-amino-alcohol motifs (C(OH)–C–C–N with tert-alkyl or cyclic N) is 1. The maximum atomic E-state index is 13.3. The number of amides is 1. The second-order valence-corrected chi connectivity index (χ2v) is 9.01. The summed E-state index contributed by atoms with van der Waals surface area (Å²) < 4.78 is 1.36. The Hall–Kier alpha value is -3.79. The summed E-state index contributed by atoms with van der Waals surface area (Å²) in [5, 5.41) is 14.4. The smallest absolute Gasteiger partial charge is 0.328 e. The molecular formula is C24H28N6O4. The number of H-pyrrole nitrogens is 1. The van der Waals surface area contributed by atoms with Crippen molar-refractivity contribution in [2.24, 2.45) is 0 Å². The van der Waals surface area contributed by atoms with Crippen molar-refractivity contribution in [2.45, 2.75) is 45.8 Å². The summed E-state index contributed by atoms with van der Waals surface area (Å²) in [6.07, 6.45) is 1.82. The Morgan fingerprint density at radius 1 is 1.21 bits per heavy atom. The van der Waals surface area contributed by atoms with Crippen LogP contribution in [0.3, 0.4) is 0 Å². The Kier molecular flexibility index (Phi) is 6.09. The SMILES string of the molecule is Cc1cc(Nc2cccc(C(=O)N3CC[C@H](n4cc(C)c(=O)[nH]c4=O)[C@@](C)(O)C3)c2)nc(C)n1. The second kappa shape index (κ2) is 8.86. The van der Waals surface area contributed by atoms with Gasteiger partial charge in [0.05, 0.1) is 12.6 Å². The van der Waals surface area contributed by atoms with Gasteiger partial charge in [0.1, 0.15) is 17.2 Å². The molecule has 0 spiro atoms. The predicted molar refractivity (Wildman–Crippen MR) is 127 cm³/mol. The number of aromatic amines is 1. The van der Waals surface area contributed by atoms with Gasteiger partial charge in [-0.15, -0.1) is 0 Å². The van der Waals surface area contributed by atoms with Crippen molar-refractivity contribution in [1.29, 1.82) is 0 Å². The van der Waals surface area contributed by atoms with Crippen molar-refractivity contribution in [2.75, 3.05) is 18.4 Å². The van der Waals surface area contributed by atoms with Crippen LogP contribution in [-0.2, 0) is 0 Å². The Morgan fingerprint density at radius 3 is 2.68 bits per heavy atom. The van der Waals surface area contributed by atoms with E-state index < -0.39 is 22.9 Å². The summed E-state index contributed by atoms with van der Waals surface area (Å²) in [6.45, 7) is 7.30. The van der Waals surface area contributed by atoms with Crippen LogP contribution in [0.2, 0.25) is 0 Å². The van der Waals surface area contributed by atoms with Crippen LogP contribution >= 0.6 is 0 Å². The Balaban J connectivity index is 1.53. The minimum atomic E-state index is -1.37. The number of nitrogens with one attached hydrogen (secondary N) is 2. The number of aromatic nitrogens is 4. The molecule has 1 saturated heterocycles. The monoisotopic (exact) mass is 464 g/mol. The van der Waals surface area contributed by atoms with Crippen molar-refractivity contribution in [3.8, 4) is 0 Å². The van der Waals surface area contributed by atoms with Gasteiger partial charge in [-0.05, 0) is 52.3 Å². The number of rotatable bonds is 4. The maximum absolute atomic E-state index is 13.3. The number of benzene rings is 1. The van der Waals surface area contributed by atoms with E-state index in [0.717, 1.165) is 5.69 Å². The summed E-state index contributed by atoms with van der Waals surface area (Å²) in [5.74, 6) is 1.07. The first kappa shape index (κ1) is 23.4. The number of carbonyl (C=O) groups excluding carboxylic acids is 1. The van der Waals surface area contributed by atoms with Crippen molar-refractivity contribution in [3.05, 3.63) is 80.0 Å². The number of carbonyl (C=O) groups is 1. The molecule has 0 unspecified atom stereocenters. The molecule has 1 aliphatic rings. The quantitative estimate of drug-likeness (QED) is 0.536. The lowest BCUT2D eigenvalue weighted by Crippen LogP contribution is -2.56. The number of likely N-dealkylation sites (tertiary alicyclic amines) is 1. The molecule has 1 amide bonds. The number of piperidine rings is 1. The van der Waals surface area contributed by atoms with E-state index in [1.807, 2.05) is 26.0 Å². The highest BCUT2D eigenvalue weighted by Crippen LogP contribution is 2.31. The predicted octanol–water partition coefficient (Wildman–Crippen LogP) is 1.83. The van der Waals surface area contributed by atoms with Crippen molar-refractivity contribution >= 4 is 17.4 Å². The largest absolute Gasteiger partial charge is 0.386 e. The highest BCUT2D eigenvalue weighted by molar-refractivity contribution is 5.95. The average Bonchev–Trinajstić information content (AvgIpc) is 2.75. The third-order valence-electron chi connectivity index (χ3n) is 6.02. The van der Waals surface area contributed by atoms with Crippen LogP contribution in [0.5, 0.6) is 0 Å². The fourth-order valence-corrected chi connectivity index (χ4v) is 4.43. The van der Waals surface area contributed by atoms with Gasteiger partial charge < -0.3 is 15.3 Å². The minimum Gasteiger partial charge on any atom is -0.386 e. The molecule has 0 saturated carbocycles. The van der Waals surface area contributed by atoms with Crippen LogP contribution in [0.25, 0.3) is 0 Å². The third-order valence-corrected chi connectivity index (χ3v) is 6.02. The van der Waals surface area contributed by atoms with E-state index in [0.29, 0.717) is 41.4 Å². The summed E-state index contributed by atoms with van der Waals surface area (Å²) >= 11 is 0. The Morgan fingerprint density at radius 2 is 1.97 bits per heavy atom. The lowest BCUT2D eigenvalue weighted by Gasteiger charge is -2.43. The number of hydrogen-bond acceptors (Lipinski definition) is 7. The molecule has 0 radical (unpaired) electrons. The molecule has 3 aromatic rings.